The topological polar surface area (TPSA) is 104 Å². The number of aromatic hydroxyl groups is 1. The number of imide groups is 2. The second-order valence-corrected chi connectivity index (χ2v) is 10.8. The van der Waals surface area contributed by atoms with E-state index in [0.717, 1.165) is 5.57 Å². The van der Waals surface area contributed by atoms with E-state index in [4.69, 9.17) is 4.74 Å². The van der Waals surface area contributed by atoms with Gasteiger partial charge in [0.15, 0.2) is 11.5 Å². The number of carbonyl (C=O) groups excluding carboxylic acids is 4. The number of amides is 4. The number of carbonyl (C=O) groups is 4. The van der Waals surface area contributed by atoms with Gasteiger partial charge < -0.3 is 9.84 Å². The number of rotatable bonds is 4. The summed E-state index contributed by atoms with van der Waals surface area (Å²) in [5, 5.41) is 11.3. The van der Waals surface area contributed by atoms with Gasteiger partial charge in [-0.3, -0.25) is 24.1 Å². The van der Waals surface area contributed by atoms with Gasteiger partial charge in [0.05, 0.1) is 36.0 Å². The molecule has 2 aliphatic heterocycles. The number of hydrogen-bond donors (Lipinski definition) is 1. The number of benzene rings is 2. The molecular formula is C30H30N2O6. The first-order chi connectivity index (χ1) is 18.2. The van der Waals surface area contributed by atoms with E-state index in [1.807, 2.05) is 12.1 Å². The van der Waals surface area contributed by atoms with Crippen LogP contribution in [0.5, 0.6) is 11.5 Å². The van der Waals surface area contributed by atoms with Gasteiger partial charge in [0.25, 0.3) is 0 Å². The molecule has 0 spiro atoms. The van der Waals surface area contributed by atoms with Crippen molar-refractivity contribution in [3.8, 4) is 11.5 Å². The summed E-state index contributed by atoms with van der Waals surface area (Å²) in [6.45, 7) is 3.88. The number of nitrogens with zero attached hydrogens (tertiary/aromatic N) is 2. The lowest BCUT2D eigenvalue weighted by Gasteiger charge is -2.49. The summed E-state index contributed by atoms with van der Waals surface area (Å²) in [6.07, 6.45) is 2.64. The zero-order valence-electron chi connectivity index (χ0n) is 21.6. The van der Waals surface area contributed by atoms with Crippen molar-refractivity contribution in [1.29, 1.82) is 0 Å². The number of phenolic OH excluding ortho intramolecular Hbond substituents is 1. The molecule has 6 unspecified atom stereocenters. The largest absolute Gasteiger partial charge is 0.504 e. The van der Waals surface area contributed by atoms with Crippen LogP contribution in [-0.2, 0) is 19.2 Å². The fraction of sp³-hybridized carbons (Fsp3) is 0.400. The monoisotopic (exact) mass is 514 g/mol. The number of likely N-dealkylation sites (tertiary alicyclic amines) is 1. The van der Waals surface area contributed by atoms with E-state index in [1.54, 1.807) is 56.3 Å². The molecule has 1 N–H and O–H groups in total. The maximum Gasteiger partial charge on any atom is 0.241 e. The molecule has 2 heterocycles. The Bertz CT molecular complexity index is 1400. The number of phenols is 1. The van der Waals surface area contributed by atoms with E-state index in [2.05, 4.69) is 0 Å². The van der Waals surface area contributed by atoms with Gasteiger partial charge in [0, 0.05) is 18.0 Å². The van der Waals surface area contributed by atoms with E-state index in [9.17, 15) is 24.3 Å². The lowest BCUT2D eigenvalue weighted by molar-refractivity contribution is -0.140. The molecule has 0 aromatic heterocycles. The average molecular weight is 515 g/mol. The summed E-state index contributed by atoms with van der Waals surface area (Å²) in [6, 6.07) is 14.0. The molecule has 4 amide bonds. The quantitative estimate of drug-likeness (QED) is 0.493. The van der Waals surface area contributed by atoms with Gasteiger partial charge in [0.2, 0.25) is 23.6 Å². The molecule has 38 heavy (non-hydrogen) atoms. The summed E-state index contributed by atoms with van der Waals surface area (Å²) in [7, 11) is 1.46. The van der Waals surface area contributed by atoms with Crippen LogP contribution >= 0.6 is 0 Å². The van der Waals surface area contributed by atoms with Crippen molar-refractivity contribution < 1.29 is 29.0 Å². The predicted molar refractivity (Wildman–Crippen MR) is 138 cm³/mol. The summed E-state index contributed by atoms with van der Waals surface area (Å²) >= 11 is 0. The normalized spacial score (nSPS) is 32.2. The number of allylic oxidation sites excluding steroid dienone is 2. The smallest absolute Gasteiger partial charge is 0.241 e. The maximum atomic E-state index is 14.3. The zero-order valence-corrected chi connectivity index (χ0v) is 21.6. The molecule has 1 saturated carbocycles. The van der Waals surface area contributed by atoms with E-state index in [1.165, 1.54) is 16.9 Å². The molecule has 8 nitrogen and oxygen atoms in total. The Morgan fingerprint density at radius 1 is 0.974 bits per heavy atom. The molecule has 2 aromatic rings. The standard InChI is InChI=1S/C30H30N2O6/c1-4-31-26(34)18-14-13-17-20(23(18)28(31)36)15-21-27(35)32(16-9-6-5-7-10-16)29(37)30(21,2)24(17)19-11-8-12-22(38-3)25(19)33/h5-13,18,20-21,23-24,33H,4,14-15H2,1-3H3. The first-order valence-electron chi connectivity index (χ1n) is 13.1. The van der Waals surface area contributed by atoms with Crippen LogP contribution in [0.2, 0.25) is 0 Å². The number of anilines is 1. The van der Waals surface area contributed by atoms with Gasteiger partial charge >= 0.3 is 0 Å². The first kappa shape index (κ1) is 24.4. The number of para-hydroxylation sites is 2. The van der Waals surface area contributed by atoms with Crippen molar-refractivity contribution in [2.75, 3.05) is 18.6 Å². The van der Waals surface area contributed by atoms with Gasteiger partial charge in [-0.15, -0.1) is 0 Å². The number of ether oxygens (including phenoxy) is 1. The van der Waals surface area contributed by atoms with Gasteiger partial charge in [0.1, 0.15) is 0 Å². The molecule has 0 bridgehead atoms. The first-order valence-corrected chi connectivity index (χ1v) is 13.1. The molecule has 2 aromatic carbocycles. The van der Waals surface area contributed by atoms with Crippen LogP contribution in [0.3, 0.4) is 0 Å². The second-order valence-electron chi connectivity index (χ2n) is 10.8. The summed E-state index contributed by atoms with van der Waals surface area (Å²) in [4.78, 5) is 57.4. The fourth-order valence-corrected chi connectivity index (χ4v) is 7.50. The Hall–Kier alpha value is -3.94. The van der Waals surface area contributed by atoms with Gasteiger partial charge in [-0.25, -0.2) is 4.90 Å². The van der Waals surface area contributed by atoms with Crippen molar-refractivity contribution in [3.05, 3.63) is 65.7 Å². The van der Waals surface area contributed by atoms with Crippen LogP contribution in [0.4, 0.5) is 5.69 Å². The Morgan fingerprint density at radius 2 is 1.71 bits per heavy atom. The molecule has 2 saturated heterocycles. The number of hydrogen-bond acceptors (Lipinski definition) is 6. The maximum absolute atomic E-state index is 14.3. The van der Waals surface area contributed by atoms with E-state index < -0.39 is 35.0 Å². The second kappa shape index (κ2) is 8.55. The molecule has 196 valence electrons. The van der Waals surface area contributed by atoms with Crippen LogP contribution in [-0.4, -0.2) is 47.3 Å². The molecular weight excluding hydrogens is 484 g/mol. The van der Waals surface area contributed by atoms with Crippen molar-refractivity contribution >= 4 is 29.3 Å². The Labute approximate surface area is 220 Å². The van der Waals surface area contributed by atoms with Crippen LogP contribution in [0.25, 0.3) is 0 Å². The summed E-state index contributed by atoms with van der Waals surface area (Å²) in [5.41, 5.74) is 0.600. The third-order valence-electron chi connectivity index (χ3n) is 9.26. The number of methoxy groups -OCH3 is 1. The Balaban J connectivity index is 1.56. The highest BCUT2D eigenvalue weighted by molar-refractivity contribution is 6.24. The third kappa shape index (κ3) is 3.03. The molecule has 6 atom stereocenters. The van der Waals surface area contributed by atoms with Crippen LogP contribution in [0.1, 0.15) is 38.2 Å². The summed E-state index contributed by atoms with van der Waals surface area (Å²) in [5.74, 6) is -3.74. The minimum atomic E-state index is -1.21. The highest BCUT2D eigenvalue weighted by atomic mass is 16.5. The zero-order chi connectivity index (χ0) is 26.9. The molecule has 3 fully saturated rings. The average Bonchev–Trinajstić information content (AvgIpc) is 3.28. The molecule has 2 aliphatic carbocycles. The molecule has 8 heteroatoms. The lowest BCUT2D eigenvalue weighted by atomic mass is 9.51. The van der Waals surface area contributed by atoms with Crippen molar-refractivity contribution in [3.63, 3.8) is 0 Å². The number of fused-ring (bicyclic) bond motifs is 4. The molecule has 0 radical (unpaired) electrons. The summed E-state index contributed by atoms with van der Waals surface area (Å²) < 4.78 is 5.39. The minimum absolute atomic E-state index is 0.0916. The third-order valence-corrected chi connectivity index (χ3v) is 9.26. The van der Waals surface area contributed by atoms with Gasteiger partial charge in [-0.05, 0) is 50.8 Å². The lowest BCUT2D eigenvalue weighted by Crippen LogP contribution is -2.48. The van der Waals surface area contributed by atoms with Gasteiger partial charge in [-0.2, -0.15) is 0 Å². The predicted octanol–water partition coefficient (Wildman–Crippen LogP) is 3.65. The fourth-order valence-electron chi connectivity index (χ4n) is 7.50. The van der Waals surface area contributed by atoms with Crippen molar-refractivity contribution in [2.24, 2.45) is 29.1 Å². The van der Waals surface area contributed by atoms with Gasteiger partial charge in [-0.1, -0.05) is 42.0 Å². The van der Waals surface area contributed by atoms with Crippen LogP contribution < -0.4 is 9.64 Å². The highest BCUT2D eigenvalue weighted by Gasteiger charge is 2.67. The Kier molecular flexibility index (Phi) is 5.49. The Morgan fingerprint density at radius 3 is 2.39 bits per heavy atom. The van der Waals surface area contributed by atoms with E-state index in [-0.39, 0.29) is 41.5 Å². The van der Waals surface area contributed by atoms with Crippen molar-refractivity contribution in [1.82, 2.24) is 4.90 Å². The highest BCUT2D eigenvalue weighted by Crippen LogP contribution is 2.64. The van der Waals surface area contributed by atoms with E-state index >= 15 is 0 Å². The minimum Gasteiger partial charge on any atom is -0.504 e. The van der Waals surface area contributed by atoms with E-state index in [0.29, 0.717) is 24.2 Å². The van der Waals surface area contributed by atoms with Crippen molar-refractivity contribution in [2.45, 2.75) is 32.6 Å². The van der Waals surface area contributed by atoms with Crippen LogP contribution in [0.15, 0.2) is 60.2 Å². The van der Waals surface area contributed by atoms with Crippen LogP contribution in [0, 0.1) is 29.1 Å². The SMILES string of the molecule is CCN1C(=O)C2CC=C3C(CC4C(=O)N(c5ccccc5)C(=O)C4(C)C3c3cccc(OC)c3O)C2C1=O. The molecule has 6 rings (SSSR count). The molecule has 4 aliphatic rings.